The molecule has 0 bridgehead atoms. The van der Waals surface area contributed by atoms with Gasteiger partial charge >= 0.3 is 12.3 Å². The molecule has 0 saturated carbocycles. The Morgan fingerprint density at radius 1 is 1.03 bits per heavy atom. The summed E-state index contributed by atoms with van der Waals surface area (Å²) in [5.74, 6) is 4.83. The molecule has 202 valence electrons. The molecule has 0 spiro atoms. The van der Waals surface area contributed by atoms with Crippen molar-refractivity contribution in [2.24, 2.45) is 5.73 Å². The topological polar surface area (TPSA) is 111 Å². The summed E-state index contributed by atoms with van der Waals surface area (Å²) < 4.78 is 44.3. The van der Waals surface area contributed by atoms with Crippen LogP contribution in [-0.2, 0) is 22.1 Å². The zero-order valence-electron chi connectivity index (χ0n) is 20.8. The molecule has 0 aliphatic heterocycles. The van der Waals surface area contributed by atoms with Crippen LogP contribution in [-0.4, -0.2) is 31.1 Å². The molecule has 0 aromatic heterocycles. The number of anilines is 1. The summed E-state index contributed by atoms with van der Waals surface area (Å²) in [7, 11) is 1.40. The van der Waals surface area contributed by atoms with Crippen LogP contribution >= 0.6 is 11.6 Å². The van der Waals surface area contributed by atoms with Crippen molar-refractivity contribution in [1.82, 2.24) is 5.32 Å². The third-order valence-corrected chi connectivity index (χ3v) is 5.83. The average molecular weight is 558 g/mol. The highest BCUT2D eigenvalue weighted by molar-refractivity contribution is 6.31. The Morgan fingerprint density at radius 3 is 2.36 bits per heavy atom. The number of hydrogen-bond acceptors (Lipinski definition) is 4. The minimum atomic E-state index is -4.63. The normalized spacial score (nSPS) is 11.5. The highest BCUT2D eigenvalue weighted by Gasteiger charge is 2.31. The number of nitrogens with one attached hydrogen (secondary N) is 2. The lowest BCUT2D eigenvalue weighted by Crippen LogP contribution is -2.38. The number of nitrogens with two attached hydrogens (primary N) is 1. The SMILES string of the molecule is CNC(=O)C(Cc1ccccc1C#Cc1cccc(C(=O)Nc2cc(Cl)cc(C(F)(F)F)c2)c1C)OC(N)=O. The van der Waals surface area contributed by atoms with Gasteiger partial charge in [0.1, 0.15) is 0 Å². The van der Waals surface area contributed by atoms with Crippen molar-refractivity contribution in [2.45, 2.75) is 25.6 Å². The molecule has 7 nitrogen and oxygen atoms in total. The third kappa shape index (κ3) is 7.75. The number of amides is 3. The zero-order valence-corrected chi connectivity index (χ0v) is 21.5. The van der Waals surface area contributed by atoms with Crippen LogP contribution in [0.4, 0.5) is 23.7 Å². The number of benzene rings is 3. The number of alkyl halides is 3. The lowest BCUT2D eigenvalue weighted by molar-refractivity contribution is -0.137. The van der Waals surface area contributed by atoms with Gasteiger partial charge in [0.2, 0.25) is 0 Å². The first-order chi connectivity index (χ1) is 18.4. The van der Waals surface area contributed by atoms with Crippen LogP contribution in [0, 0.1) is 18.8 Å². The first-order valence-electron chi connectivity index (χ1n) is 11.5. The van der Waals surface area contributed by atoms with E-state index in [1.54, 1.807) is 43.3 Å². The van der Waals surface area contributed by atoms with Crippen molar-refractivity contribution >= 4 is 35.2 Å². The monoisotopic (exact) mass is 557 g/mol. The molecule has 0 aliphatic carbocycles. The predicted octanol–water partition coefficient (Wildman–Crippen LogP) is 5.07. The lowest BCUT2D eigenvalue weighted by Gasteiger charge is -2.16. The van der Waals surface area contributed by atoms with Crippen molar-refractivity contribution < 1.29 is 32.3 Å². The third-order valence-electron chi connectivity index (χ3n) is 5.61. The molecule has 0 radical (unpaired) electrons. The average Bonchev–Trinajstić information content (AvgIpc) is 2.86. The van der Waals surface area contributed by atoms with Crippen LogP contribution in [0.1, 0.15) is 38.2 Å². The second kappa shape index (κ2) is 12.4. The minimum absolute atomic E-state index is 0.0223. The summed E-state index contributed by atoms with van der Waals surface area (Å²) in [6.45, 7) is 1.66. The summed E-state index contributed by atoms with van der Waals surface area (Å²) in [5, 5.41) is 4.70. The lowest BCUT2D eigenvalue weighted by atomic mass is 9.99. The van der Waals surface area contributed by atoms with Gasteiger partial charge in [0.15, 0.2) is 6.10 Å². The summed E-state index contributed by atoms with van der Waals surface area (Å²) in [5.41, 5.74) is 6.37. The number of carbonyl (C=O) groups excluding carboxylic acids is 3. The Balaban J connectivity index is 1.88. The highest BCUT2D eigenvalue weighted by atomic mass is 35.5. The zero-order chi connectivity index (χ0) is 28.7. The molecule has 0 saturated heterocycles. The highest BCUT2D eigenvalue weighted by Crippen LogP contribution is 2.33. The van der Waals surface area contributed by atoms with E-state index in [4.69, 9.17) is 22.1 Å². The summed E-state index contributed by atoms with van der Waals surface area (Å²) >= 11 is 5.81. The first-order valence-corrected chi connectivity index (χ1v) is 11.8. The van der Waals surface area contributed by atoms with Gasteiger partial charge < -0.3 is 21.1 Å². The van der Waals surface area contributed by atoms with Gasteiger partial charge in [0.05, 0.1) is 5.56 Å². The van der Waals surface area contributed by atoms with Crippen LogP contribution in [0.3, 0.4) is 0 Å². The molecule has 0 heterocycles. The van der Waals surface area contributed by atoms with E-state index in [9.17, 15) is 27.6 Å². The van der Waals surface area contributed by atoms with Gasteiger partial charge in [0.25, 0.3) is 11.8 Å². The quantitative estimate of drug-likeness (QED) is 0.367. The molecule has 39 heavy (non-hydrogen) atoms. The van der Waals surface area contributed by atoms with E-state index in [2.05, 4.69) is 22.5 Å². The fourth-order valence-electron chi connectivity index (χ4n) is 3.68. The fourth-order valence-corrected chi connectivity index (χ4v) is 3.92. The molecule has 1 unspecified atom stereocenters. The largest absolute Gasteiger partial charge is 0.436 e. The summed E-state index contributed by atoms with van der Waals surface area (Å²) in [6.07, 6.45) is -6.86. The summed E-state index contributed by atoms with van der Waals surface area (Å²) in [6, 6.07) is 14.5. The number of likely N-dealkylation sites (N-methyl/N-ethyl adjacent to an activating group) is 1. The van der Waals surface area contributed by atoms with Crippen LogP contribution in [0.2, 0.25) is 5.02 Å². The van der Waals surface area contributed by atoms with Gasteiger partial charge in [0, 0.05) is 40.9 Å². The van der Waals surface area contributed by atoms with Crippen molar-refractivity contribution in [3.63, 3.8) is 0 Å². The van der Waals surface area contributed by atoms with Gasteiger partial charge in [-0.1, -0.05) is 47.7 Å². The fraction of sp³-hybridized carbons (Fsp3) is 0.179. The molecular formula is C28H23ClF3N3O4. The van der Waals surface area contributed by atoms with Crippen molar-refractivity contribution in [1.29, 1.82) is 0 Å². The van der Waals surface area contributed by atoms with E-state index in [0.29, 0.717) is 22.3 Å². The van der Waals surface area contributed by atoms with E-state index in [1.165, 1.54) is 19.2 Å². The van der Waals surface area contributed by atoms with Gasteiger partial charge in [-0.05, 0) is 54.4 Å². The van der Waals surface area contributed by atoms with Crippen LogP contribution < -0.4 is 16.4 Å². The number of carbonyl (C=O) groups is 3. The maximum atomic E-state index is 13.1. The summed E-state index contributed by atoms with van der Waals surface area (Å²) in [4.78, 5) is 36.3. The maximum Gasteiger partial charge on any atom is 0.416 e. The van der Waals surface area contributed by atoms with Crippen LogP contribution in [0.5, 0.6) is 0 Å². The molecule has 4 N–H and O–H groups in total. The second-order valence-electron chi connectivity index (χ2n) is 8.31. The standard InChI is InChI=1S/C28H23ClF3N3O4/c1-16-17(10-11-18-6-3-4-7-19(18)12-24(26(37)34-2)39-27(33)38)8-5-9-23(16)25(36)35-22-14-20(28(30,31)32)13-21(29)15-22/h3-9,13-15,24H,12H2,1-2H3,(H2,33,38)(H,34,37)(H,35,36). The molecule has 0 aliphatic rings. The Labute approximate surface area is 227 Å². The van der Waals surface area contributed by atoms with E-state index < -0.39 is 35.8 Å². The van der Waals surface area contributed by atoms with Crippen molar-refractivity contribution in [3.05, 3.63) is 99.1 Å². The second-order valence-corrected chi connectivity index (χ2v) is 8.75. The molecule has 11 heteroatoms. The van der Waals surface area contributed by atoms with E-state index in [1.807, 2.05) is 0 Å². The predicted molar refractivity (Wildman–Crippen MR) is 140 cm³/mol. The number of ether oxygens (including phenoxy) is 1. The Kier molecular flexibility index (Phi) is 9.22. The van der Waals surface area contributed by atoms with Crippen molar-refractivity contribution in [2.75, 3.05) is 12.4 Å². The number of rotatable bonds is 6. The van der Waals surface area contributed by atoms with Crippen LogP contribution in [0.25, 0.3) is 0 Å². The first kappa shape index (κ1) is 29.1. The molecule has 3 aromatic rings. The molecule has 3 amide bonds. The number of hydrogen-bond donors (Lipinski definition) is 3. The Morgan fingerprint density at radius 2 is 1.69 bits per heavy atom. The van der Waals surface area contributed by atoms with Crippen LogP contribution in [0.15, 0.2) is 60.7 Å². The molecular weight excluding hydrogens is 535 g/mol. The van der Waals surface area contributed by atoms with Crippen molar-refractivity contribution in [3.8, 4) is 11.8 Å². The van der Waals surface area contributed by atoms with E-state index >= 15 is 0 Å². The van der Waals surface area contributed by atoms with Gasteiger partial charge in [-0.3, -0.25) is 9.59 Å². The van der Waals surface area contributed by atoms with Gasteiger partial charge in [-0.2, -0.15) is 13.2 Å². The molecule has 0 fully saturated rings. The maximum absolute atomic E-state index is 13.1. The number of halogens is 4. The molecule has 3 aromatic carbocycles. The van der Waals surface area contributed by atoms with Gasteiger partial charge in [-0.25, -0.2) is 4.79 Å². The minimum Gasteiger partial charge on any atom is -0.436 e. The Bertz CT molecular complexity index is 1480. The smallest absolute Gasteiger partial charge is 0.416 e. The number of primary amides is 1. The van der Waals surface area contributed by atoms with E-state index in [-0.39, 0.29) is 22.7 Å². The van der Waals surface area contributed by atoms with E-state index in [0.717, 1.165) is 12.1 Å². The van der Waals surface area contributed by atoms with Gasteiger partial charge in [-0.15, -0.1) is 0 Å². The molecule has 1 atom stereocenters. The molecule has 3 rings (SSSR count). The Hall–Kier alpha value is -4.49.